The first-order valence-corrected chi connectivity index (χ1v) is 17.0. The molecule has 0 saturated heterocycles. The third-order valence-corrected chi connectivity index (χ3v) is 10.2. The Morgan fingerprint density at radius 2 is 1.20 bits per heavy atom. The highest BCUT2D eigenvalue weighted by atomic mass is 16.3. The topological polar surface area (TPSA) is 45.4 Å². The van der Waals surface area contributed by atoms with Crippen LogP contribution in [0.1, 0.15) is 11.6 Å². The molecule has 1 aliphatic carbocycles. The van der Waals surface area contributed by atoms with Crippen molar-refractivity contribution in [2.75, 3.05) is 10.0 Å². The fourth-order valence-electron chi connectivity index (χ4n) is 8.07. The first-order chi connectivity index (χ1) is 24.8. The number of aromatic nitrogens is 2. The highest BCUT2D eigenvalue weighted by Crippen LogP contribution is 2.57. The molecule has 0 bridgehead atoms. The number of furan rings is 1. The number of hydrogen-bond donors (Lipinski definition) is 0. The number of hydrazine groups is 1. The summed E-state index contributed by atoms with van der Waals surface area (Å²) in [4.78, 5) is 10.9. The normalized spacial score (nSPS) is 14.1. The van der Waals surface area contributed by atoms with Crippen LogP contribution in [0, 0.1) is 0 Å². The number of anilines is 4. The molecule has 0 atom stereocenters. The molecule has 1 aliphatic heterocycles. The van der Waals surface area contributed by atoms with Gasteiger partial charge >= 0.3 is 0 Å². The van der Waals surface area contributed by atoms with Crippen molar-refractivity contribution < 1.29 is 4.42 Å². The van der Waals surface area contributed by atoms with E-state index in [-0.39, 0.29) is 5.92 Å². The number of rotatable bonds is 3. The minimum Gasteiger partial charge on any atom is -0.454 e. The van der Waals surface area contributed by atoms with Gasteiger partial charge in [-0.1, -0.05) is 133 Å². The minimum absolute atomic E-state index is 0.0372. The Hall–Kier alpha value is -6.72. The van der Waals surface area contributed by atoms with E-state index in [1.807, 2.05) is 6.07 Å². The molecular formula is C45H28N4O. The van der Waals surface area contributed by atoms with E-state index in [9.17, 15) is 0 Å². The smallest absolute Gasteiger partial charge is 0.250 e. The Morgan fingerprint density at radius 3 is 2.04 bits per heavy atom. The lowest BCUT2D eigenvalue weighted by molar-refractivity contribution is 0.667. The van der Waals surface area contributed by atoms with Crippen molar-refractivity contribution in [2.24, 2.45) is 0 Å². The summed E-state index contributed by atoms with van der Waals surface area (Å²) in [6, 6.07) is 49.1. The standard InChI is InChI=1S/C45H28N4O/c1-2-17-30(18-3-1)48-37-27-26-28-14-6-7-19-31(28)40(37)41-33-21-9-8-20-32(33)39-35-23-11-13-25-38(35)50-44(39)43(41)49(48)45-46-36-24-12-10-22-34(36)42(47-45)29-15-4-5-16-29/h1-27,29H. The molecule has 50 heavy (non-hydrogen) atoms. The van der Waals surface area contributed by atoms with Gasteiger partial charge in [-0.05, 0) is 51.9 Å². The number of nitrogens with zero attached hydrogens (tertiary/aromatic N) is 4. The maximum absolute atomic E-state index is 6.99. The van der Waals surface area contributed by atoms with E-state index in [4.69, 9.17) is 14.4 Å². The summed E-state index contributed by atoms with van der Waals surface area (Å²) in [6.45, 7) is 0. The van der Waals surface area contributed by atoms with Crippen LogP contribution >= 0.6 is 0 Å². The summed E-state index contributed by atoms with van der Waals surface area (Å²) < 4.78 is 6.99. The highest BCUT2D eigenvalue weighted by Gasteiger charge is 2.39. The summed E-state index contributed by atoms with van der Waals surface area (Å²) in [5.74, 6) is 0.614. The number of benzene rings is 7. The monoisotopic (exact) mass is 640 g/mol. The molecule has 0 fully saturated rings. The van der Waals surface area contributed by atoms with Gasteiger partial charge in [-0.15, -0.1) is 0 Å². The van der Waals surface area contributed by atoms with Crippen molar-refractivity contribution in [3.8, 4) is 11.1 Å². The zero-order valence-corrected chi connectivity index (χ0v) is 26.9. The van der Waals surface area contributed by atoms with E-state index in [0.29, 0.717) is 5.95 Å². The third kappa shape index (κ3) is 3.77. The molecule has 0 unspecified atom stereocenters. The van der Waals surface area contributed by atoms with Crippen LogP contribution in [-0.2, 0) is 0 Å². The number of hydrogen-bond acceptors (Lipinski definition) is 5. The van der Waals surface area contributed by atoms with Gasteiger partial charge in [0.15, 0.2) is 5.58 Å². The first kappa shape index (κ1) is 27.3. The van der Waals surface area contributed by atoms with Crippen LogP contribution < -0.4 is 10.0 Å². The Kier molecular flexibility index (Phi) is 5.66. The Morgan fingerprint density at radius 1 is 0.520 bits per heavy atom. The largest absolute Gasteiger partial charge is 0.454 e. The molecule has 0 saturated carbocycles. The van der Waals surface area contributed by atoms with E-state index >= 15 is 0 Å². The number of allylic oxidation sites excluding steroid dienone is 4. The second kappa shape index (κ2) is 10.4. The summed E-state index contributed by atoms with van der Waals surface area (Å²) in [5.41, 5.74) is 8.72. The number of fused-ring (bicyclic) bond motifs is 13. The van der Waals surface area contributed by atoms with E-state index in [1.165, 1.54) is 10.8 Å². The summed E-state index contributed by atoms with van der Waals surface area (Å²) >= 11 is 0. The van der Waals surface area contributed by atoms with Crippen LogP contribution in [0.3, 0.4) is 0 Å². The van der Waals surface area contributed by atoms with Gasteiger partial charge in [-0.2, -0.15) is 0 Å². The Labute approximate surface area is 287 Å². The number of para-hydroxylation sites is 3. The van der Waals surface area contributed by atoms with Gasteiger partial charge in [-0.25, -0.2) is 20.0 Å². The summed E-state index contributed by atoms with van der Waals surface area (Å²) in [5, 5.41) is 12.3. The lowest BCUT2D eigenvalue weighted by Gasteiger charge is -2.43. The fourth-order valence-corrected chi connectivity index (χ4v) is 8.07. The maximum atomic E-state index is 6.99. The molecular weight excluding hydrogens is 613 g/mol. The molecule has 2 aliphatic rings. The van der Waals surface area contributed by atoms with E-state index in [0.717, 1.165) is 77.5 Å². The zero-order valence-electron chi connectivity index (χ0n) is 26.9. The van der Waals surface area contributed by atoms with Gasteiger partial charge in [-0.3, -0.25) is 0 Å². The molecule has 7 aromatic carbocycles. The van der Waals surface area contributed by atoms with Crippen molar-refractivity contribution in [2.45, 2.75) is 5.92 Å². The van der Waals surface area contributed by atoms with Gasteiger partial charge in [0.05, 0.1) is 22.6 Å². The average Bonchev–Trinajstić information content (AvgIpc) is 3.86. The summed E-state index contributed by atoms with van der Waals surface area (Å²) in [6.07, 6.45) is 8.59. The maximum Gasteiger partial charge on any atom is 0.250 e. The van der Waals surface area contributed by atoms with Crippen LogP contribution in [0.4, 0.5) is 23.0 Å². The molecule has 9 aromatic rings. The van der Waals surface area contributed by atoms with Gasteiger partial charge in [0.1, 0.15) is 11.3 Å². The van der Waals surface area contributed by atoms with Crippen molar-refractivity contribution in [3.63, 3.8) is 0 Å². The Bertz CT molecular complexity index is 2890. The third-order valence-electron chi connectivity index (χ3n) is 10.2. The quantitative estimate of drug-likeness (QED) is 0.192. The van der Waals surface area contributed by atoms with Crippen molar-refractivity contribution in [1.82, 2.24) is 9.97 Å². The van der Waals surface area contributed by atoms with E-state index in [1.54, 1.807) is 0 Å². The van der Waals surface area contributed by atoms with Gasteiger partial charge < -0.3 is 4.42 Å². The predicted octanol–water partition coefficient (Wildman–Crippen LogP) is 11.9. The van der Waals surface area contributed by atoms with Crippen molar-refractivity contribution in [1.29, 1.82) is 0 Å². The zero-order chi connectivity index (χ0) is 32.8. The lowest BCUT2D eigenvalue weighted by atomic mass is 9.87. The van der Waals surface area contributed by atoms with Crippen molar-refractivity contribution in [3.05, 3.63) is 170 Å². The highest BCUT2D eigenvalue weighted by molar-refractivity contribution is 6.30. The summed E-state index contributed by atoms with van der Waals surface area (Å²) in [7, 11) is 0. The molecule has 0 spiro atoms. The molecule has 0 amide bonds. The molecule has 3 heterocycles. The fraction of sp³-hybridized carbons (Fsp3) is 0.0222. The van der Waals surface area contributed by atoms with Gasteiger partial charge in [0.25, 0.3) is 5.95 Å². The van der Waals surface area contributed by atoms with Crippen LogP contribution in [0.2, 0.25) is 0 Å². The van der Waals surface area contributed by atoms with Gasteiger partial charge in [0, 0.05) is 33.2 Å². The average molecular weight is 641 g/mol. The van der Waals surface area contributed by atoms with Crippen LogP contribution in [0.15, 0.2) is 168 Å². The minimum atomic E-state index is 0.0372. The van der Waals surface area contributed by atoms with E-state index < -0.39 is 0 Å². The molecule has 2 aromatic heterocycles. The molecule has 234 valence electrons. The van der Waals surface area contributed by atoms with Crippen LogP contribution in [0.5, 0.6) is 0 Å². The predicted molar refractivity (Wildman–Crippen MR) is 205 cm³/mol. The van der Waals surface area contributed by atoms with Gasteiger partial charge in [0.2, 0.25) is 0 Å². The van der Waals surface area contributed by atoms with Crippen LogP contribution in [-0.4, -0.2) is 9.97 Å². The molecule has 5 nitrogen and oxygen atoms in total. The van der Waals surface area contributed by atoms with E-state index in [2.05, 4.69) is 168 Å². The SMILES string of the molecule is C1=CC(c2nc(N3c4c(c5ccccc5c5c4oc4ccccc45)-c4c(ccc5ccccc45)N3c3ccccc3)nc3ccccc23)C=C1. The second-order valence-corrected chi connectivity index (χ2v) is 12.9. The lowest BCUT2D eigenvalue weighted by Crippen LogP contribution is -2.40. The van der Waals surface area contributed by atoms with Crippen LogP contribution in [0.25, 0.3) is 65.5 Å². The molecule has 11 rings (SSSR count). The molecule has 5 heteroatoms. The molecule has 0 radical (unpaired) electrons. The second-order valence-electron chi connectivity index (χ2n) is 12.9. The first-order valence-electron chi connectivity index (χ1n) is 17.0. The molecule has 0 N–H and O–H groups in total. The van der Waals surface area contributed by atoms with Crippen molar-refractivity contribution >= 4 is 77.4 Å². The Balaban J connectivity index is 1.37.